The van der Waals surface area contributed by atoms with Crippen molar-refractivity contribution in [2.45, 2.75) is 30.6 Å². The maximum absolute atomic E-state index is 12.8. The Morgan fingerprint density at radius 1 is 1.11 bits per heavy atom. The molecule has 0 unspecified atom stereocenters. The Bertz CT molecular complexity index is 886. The molecular weight excluding hydrogens is 396 g/mol. The predicted octanol–water partition coefficient (Wildman–Crippen LogP) is 3.49. The predicted molar refractivity (Wildman–Crippen MR) is 111 cm³/mol. The fraction of sp³-hybridized carbons (Fsp3) is 0.381. The topological polar surface area (TPSA) is 66.5 Å². The number of carbonyl (C=O) groups is 1. The van der Waals surface area contributed by atoms with Crippen molar-refractivity contribution in [3.05, 3.63) is 65.2 Å². The van der Waals surface area contributed by atoms with Crippen molar-refractivity contribution in [2.24, 2.45) is 5.92 Å². The van der Waals surface area contributed by atoms with Crippen LogP contribution in [0.1, 0.15) is 24.8 Å². The van der Waals surface area contributed by atoms with Gasteiger partial charge in [-0.15, -0.1) is 0 Å². The number of hydrogen-bond acceptors (Lipinski definition) is 3. The molecule has 2 aromatic rings. The summed E-state index contributed by atoms with van der Waals surface area (Å²) in [5.41, 5.74) is 1.25. The minimum absolute atomic E-state index is 0.0657. The van der Waals surface area contributed by atoms with Crippen LogP contribution in [-0.4, -0.2) is 38.3 Å². The lowest BCUT2D eigenvalue weighted by Crippen LogP contribution is -2.45. The third kappa shape index (κ3) is 5.34. The first kappa shape index (κ1) is 20.8. The van der Waals surface area contributed by atoms with E-state index in [2.05, 4.69) is 17.4 Å². The molecule has 1 fully saturated rings. The van der Waals surface area contributed by atoms with Gasteiger partial charge in [-0.05, 0) is 55.5 Å². The van der Waals surface area contributed by atoms with Gasteiger partial charge in [0.25, 0.3) is 0 Å². The normalized spacial score (nSPS) is 18.0. The van der Waals surface area contributed by atoms with Crippen LogP contribution in [0.4, 0.5) is 0 Å². The molecule has 1 saturated heterocycles. The van der Waals surface area contributed by atoms with Gasteiger partial charge in [0.15, 0.2) is 0 Å². The van der Waals surface area contributed by atoms with Crippen LogP contribution in [0.5, 0.6) is 0 Å². The molecule has 0 aromatic heterocycles. The lowest BCUT2D eigenvalue weighted by Gasteiger charge is -2.31. The lowest BCUT2D eigenvalue weighted by molar-refractivity contribution is -0.126. The molecule has 5 nitrogen and oxygen atoms in total. The molecule has 7 heteroatoms. The summed E-state index contributed by atoms with van der Waals surface area (Å²) in [6.07, 6.45) is 3.14. The quantitative estimate of drug-likeness (QED) is 0.697. The molecule has 0 saturated carbocycles. The van der Waals surface area contributed by atoms with Gasteiger partial charge in [0.2, 0.25) is 15.9 Å². The molecule has 28 heavy (non-hydrogen) atoms. The minimum atomic E-state index is -3.61. The average molecular weight is 421 g/mol. The van der Waals surface area contributed by atoms with E-state index in [4.69, 9.17) is 11.6 Å². The number of amides is 1. The number of piperidine rings is 1. The number of hydrogen-bond donors (Lipinski definition) is 1. The standard InChI is InChI=1S/C21H25ClN2O3S/c22-19-10-12-20(13-11-19)28(26,27)24-15-5-9-18(16-24)21(25)23-14-4-8-17-6-2-1-3-7-17/h1-3,6-7,10-13,18H,4-5,8-9,14-16H2,(H,23,25)/t18-/m0/s1. The van der Waals surface area contributed by atoms with E-state index >= 15 is 0 Å². The minimum Gasteiger partial charge on any atom is -0.356 e. The van der Waals surface area contributed by atoms with Crippen molar-refractivity contribution in [2.75, 3.05) is 19.6 Å². The van der Waals surface area contributed by atoms with Crippen LogP contribution in [0.3, 0.4) is 0 Å². The second-order valence-electron chi connectivity index (χ2n) is 7.04. The Labute approximate surface area is 171 Å². The number of sulfonamides is 1. The number of benzene rings is 2. The Kier molecular flexibility index (Phi) is 7.10. The first-order chi connectivity index (χ1) is 13.5. The maximum atomic E-state index is 12.8. The molecule has 1 N–H and O–H groups in total. The van der Waals surface area contributed by atoms with Crippen molar-refractivity contribution in [3.8, 4) is 0 Å². The Morgan fingerprint density at radius 2 is 1.82 bits per heavy atom. The molecular formula is C21H25ClN2O3S. The summed E-state index contributed by atoms with van der Waals surface area (Å²) >= 11 is 5.85. The van der Waals surface area contributed by atoms with Crippen molar-refractivity contribution in [1.29, 1.82) is 0 Å². The van der Waals surface area contributed by atoms with E-state index in [0.717, 1.165) is 12.8 Å². The first-order valence-electron chi connectivity index (χ1n) is 9.54. The van der Waals surface area contributed by atoms with Gasteiger partial charge in [-0.2, -0.15) is 4.31 Å². The van der Waals surface area contributed by atoms with E-state index in [1.54, 1.807) is 12.1 Å². The molecule has 1 atom stereocenters. The van der Waals surface area contributed by atoms with Crippen LogP contribution in [0.15, 0.2) is 59.5 Å². The van der Waals surface area contributed by atoms with E-state index in [-0.39, 0.29) is 23.3 Å². The van der Waals surface area contributed by atoms with Gasteiger partial charge in [0.05, 0.1) is 10.8 Å². The van der Waals surface area contributed by atoms with Crippen LogP contribution in [-0.2, 0) is 21.2 Å². The summed E-state index contributed by atoms with van der Waals surface area (Å²) in [6, 6.07) is 16.3. The zero-order valence-electron chi connectivity index (χ0n) is 15.7. The Balaban J connectivity index is 1.52. The molecule has 0 radical (unpaired) electrons. The first-order valence-corrected chi connectivity index (χ1v) is 11.4. The summed E-state index contributed by atoms with van der Waals surface area (Å²) < 4.78 is 27.1. The molecule has 1 amide bonds. The molecule has 2 aromatic carbocycles. The van der Waals surface area contributed by atoms with Crippen LogP contribution < -0.4 is 5.32 Å². The van der Waals surface area contributed by atoms with E-state index in [9.17, 15) is 13.2 Å². The van der Waals surface area contributed by atoms with Gasteiger partial charge < -0.3 is 5.32 Å². The van der Waals surface area contributed by atoms with Gasteiger partial charge in [0.1, 0.15) is 0 Å². The highest BCUT2D eigenvalue weighted by atomic mass is 35.5. The van der Waals surface area contributed by atoms with Gasteiger partial charge in [-0.25, -0.2) is 8.42 Å². The van der Waals surface area contributed by atoms with E-state index in [1.165, 1.54) is 22.0 Å². The van der Waals surface area contributed by atoms with Crippen LogP contribution in [0.25, 0.3) is 0 Å². The third-order valence-corrected chi connectivity index (χ3v) is 7.12. The summed E-state index contributed by atoms with van der Waals surface area (Å²) in [5, 5.41) is 3.46. The van der Waals surface area contributed by atoms with Crippen LogP contribution in [0, 0.1) is 5.92 Å². The summed E-state index contributed by atoms with van der Waals surface area (Å²) in [5.74, 6) is -0.378. The molecule has 1 heterocycles. The Hall–Kier alpha value is -1.89. The maximum Gasteiger partial charge on any atom is 0.243 e. The molecule has 1 aliphatic rings. The number of rotatable bonds is 7. The second kappa shape index (κ2) is 9.54. The lowest BCUT2D eigenvalue weighted by atomic mass is 9.99. The number of carbonyl (C=O) groups excluding carboxylic acids is 1. The molecule has 3 rings (SSSR count). The van der Waals surface area contributed by atoms with Crippen molar-refractivity contribution in [3.63, 3.8) is 0 Å². The van der Waals surface area contributed by atoms with Gasteiger partial charge in [-0.3, -0.25) is 4.79 Å². The van der Waals surface area contributed by atoms with Gasteiger partial charge in [0, 0.05) is 24.7 Å². The average Bonchev–Trinajstić information content (AvgIpc) is 2.72. The smallest absolute Gasteiger partial charge is 0.243 e. The molecule has 0 aliphatic carbocycles. The number of aryl methyl sites for hydroxylation is 1. The van der Waals surface area contributed by atoms with E-state index < -0.39 is 10.0 Å². The number of halogens is 1. The fourth-order valence-corrected chi connectivity index (χ4v) is 5.07. The highest BCUT2D eigenvalue weighted by molar-refractivity contribution is 7.89. The molecule has 0 spiro atoms. The van der Waals surface area contributed by atoms with Crippen molar-refractivity contribution in [1.82, 2.24) is 9.62 Å². The largest absolute Gasteiger partial charge is 0.356 e. The Morgan fingerprint density at radius 3 is 2.54 bits per heavy atom. The summed E-state index contributed by atoms with van der Waals surface area (Å²) in [6.45, 7) is 1.24. The zero-order chi connectivity index (χ0) is 20.0. The molecule has 1 aliphatic heterocycles. The van der Waals surface area contributed by atoms with Crippen molar-refractivity contribution >= 4 is 27.5 Å². The SMILES string of the molecule is O=C(NCCCc1ccccc1)[C@H]1CCCN(S(=O)(=O)c2ccc(Cl)cc2)C1. The van der Waals surface area contributed by atoms with E-state index in [1.807, 2.05) is 18.2 Å². The second-order valence-corrected chi connectivity index (χ2v) is 9.41. The van der Waals surface area contributed by atoms with Crippen molar-refractivity contribution < 1.29 is 13.2 Å². The monoisotopic (exact) mass is 420 g/mol. The molecule has 0 bridgehead atoms. The summed E-state index contributed by atoms with van der Waals surface area (Å²) in [4.78, 5) is 12.7. The third-order valence-electron chi connectivity index (χ3n) is 4.99. The van der Waals surface area contributed by atoms with Crippen LogP contribution in [0.2, 0.25) is 5.02 Å². The zero-order valence-corrected chi connectivity index (χ0v) is 17.3. The van der Waals surface area contributed by atoms with Gasteiger partial charge >= 0.3 is 0 Å². The van der Waals surface area contributed by atoms with Gasteiger partial charge in [-0.1, -0.05) is 41.9 Å². The van der Waals surface area contributed by atoms with E-state index in [0.29, 0.717) is 31.0 Å². The number of nitrogens with one attached hydrogen (secondary N) is 1. The molecule has 150 valence electrons. The number of nitrogens with zero attached hydrogens (tertiary/aromatic N) is 1. The highest BCUT2D eigenvalue weighted by Gasteiger charge is 2.33. The highest BCUT2D eigenvalue weighted by Crippen LogP contribution is 2.24. The summed E-state index contributed by atoms with van der Waals surface area (Å²) in [7, 11) is -3.61. The van der Waals surface area contributed by atoms with Crippen LogP contribution >= 0.6 is 11.6 Å². The fourth-order valence-electron chi connectivity index (χ4n) is 3.42.